The van der Waals surface area contributed by atoms with Crippen molar-refractivity contribution in [3.05, 3.63) is 40.8 Å². The number of ether oxygens (including phenoxy) is 2. The van der Waals surface area contributed by atoms with Crippen molar-refractivity contribution in [3.8, 4) is 11.5 Å². The predicted octanol–water partition coefficient (Wildman–Crippen LogP) is 0.963. The third-order valence-electron chi connectivity index (χ3n) is 2.83. The molecule has 8 heteroatoms. The van der Waals surface area contributed by atoms with Crippen LogP contribution in [-0.2, 0) is 16.1 Å². The van der Waals surface area contributed by atoms with Gasteiger partial charge in [0, 0.05) is 5.38 Å². The van der Waals surface area contributed by atoms with Gasteiger partial charge in [-0.2, -0.15) is 0 Å². The van der Waals surface area contributed by atoms with Gasteiger partial charge in [0.2, 0.25) is 5.91 Å². The number of amides is 2. The molecule has 1 heterocycles. The summed E-state index contributed by atoms with van der Waals surface area (Å²) in [5.74, 6) is 0.605. The van der Waals surface area contributed by atoms with E-state index in [9.17, 15) is 9.59 Å². The van der Waals surface area contributed by atoms with Crippen molar-refractivity contribution in [1.29, 1.82) is 0 Å². The molecule has 7 nitrogen and oxygen atoms in total. The first-order valence-corrected chi connectivity index (χ1v) is 7.79. The molecule has 0 unspecified atom stereocenters. The van der Waals surface area contributed by atoms with Crippen molar-refractivity contribution < 1.29 is 19.1 Å². The van der Waals surface area contributed by atoms with Crippen LogP contribution in [0.1, 0.15) is 5.69 Å². The predicted molar refractivity (Wildman–Crippen MR) is 85.5 cm³/mol. The quantitative estimate of drug-likeness (QED) is 0.750. The van der Waals surface area contributed by atoms with Gasteiger partial charge in [-0.05, 0) is 24.3 Å². The minimum atomic E-state index is -0.371. The molecular weight excluding hydrogens is 318 g/mol. The number of nitrogens with zero attached hydrogens (tertiary/aromatic N) is 1. The third kappa shape index (κ3) is 5.95. The van der Waals surface area contributed by atoms with E-state index < -0.39 is 0 Å². The maximum absolute atomic E-state index is 11.6. The topological polar surface area (TPSA) is 89.5 Å². The summed E-state index contributed by atoms with van der Waals surface area (Å²) in [6.45, 7) is 0.0845. The Labute approximate surface area is 137 Å². The molecule has 2 amide bonds. The average molecular weight is 335 g/mol. The first-order chi connectivity index (χ1) is 11.2. The Morgan fingerprint density at radius 1 is 1.13 bits per heavy atom. The molecule has 0 radical (unpaired) electrons. The zero-order valence-electron chi connectivity index (χ0n) is 12.6. The lowest BCUT2D eigenvalue weighted by molar-refractivity contribution is -0.127. The van der Waals surface area contributed by atoms with Crippen molar-refractivity contribution in [1.82, 2.24) is 15.6 Å². The largest absolute Gasteiger partial charge is 0.497 e. The van der Waals surface area contributed by atoms with Crippen LogP contribution < -0.4 is 20.1 Å². The molecular formula is C15H17N3O4S. The van der Waals surface area contributed by atoms with Crippen molar-refractivity contribution in [2.75, 3.05) is 20.3 Å². The van der Waals surface area contributed by atoms with Gasteiger partial charge in [-0.1, -0.05) is 0 Å². The molecule has 0 fully saturated rings. The smallest absolute Gasteiger partial charge is 0.258 e. The standard InChI is InChI=1S/C15H17N3O4S/c1-21-12-2-4-13(5-3-12)22-8-15(20)17-7-14(19)16-6-11-9-23-10-18-11/h2-5,9-10H,6-8H2,1H3,(H,16,19)(H,17,20). The molecule has 0 aliphatic carbocycles. The van der Waals surface area contributed by atoms with E-state index in [2.05, 4.69) is 15.6 Å². The lowest BCUT2D eigenvalue weighted by Gasteiger charge is -2.08. The van der Waals surface area contributed by atoms with E-state index in [-0.39, 0.29) is 25.0 Å². The lowest BCUT2D eigenvalue weighted by atomic mass is 10.3. The van der Waals surface area contributed by atoms with Gasteiger partial charge in [-0.15, -0.1) is 11.3 Å². The van der Waals surface area contributed by atoms with Crippen molar-refractivity contribution in [3.63, 3.8) is 0 Å². The van der Waals surface area contributed by atoms with Gasteiger partial charge in [0.15, 0.2) is 6.61 Å². The molecule has 0 saturated carbocycles. The zero-order chi connectivity index (χ0) is 16.5. The molecule has 0 atom stereocenters. The van der Waals surface area contributed by atoms with E-state index in [4.69, 9.17) is 9.47 Å². The Bertz CT molecular complexity index is 629. The summed E-state index contributed by atoms with van der Waals surface area (Å²) in [4.78, 5) is 27.3. The summed E-state index contributed by atoms with van der Waals surface area (Å²) >= 11 is 1.46. The molecule has 122 valence electrons. The second-order valence-electron chi connectivity index (χ2n) is 4.50. The second-order valence-corrected chi connectivity index (χ2v) is 5.22. The van der Waals surface area contributed by atoms with Crippen molar-refractivity contribution >= 4 is 23.2 Å². The highest BCUT2D eigenvalue weighted by atomic mass is 32.1. The number of hydrogen-bond acceptors (Lipinski definition) is 6. The van der Waals surface area contributed by atoms with Crippen LogP contribution in [0.3, 0.4) is 0 Å². The van der Waals surface area contributed by atoms with Gasteiger partial charge >= 0.3 is 0 Å². The van der Waals surface area contributed by atoms with Crippen LogP contribution in [-0.4, -0.2) is 37.1 Å². The second kappa shape index (κ2) is 8.74. The van der Waals surface area contributed by atoms with E-state index in [1.807, 2.05) is 5.38 Å². The fraction of sp³-hybridized carbons (Fsp3) is 0.267. The van der Waals surface area contributed by atoms with Crippen molar-refractivity contribution in [2.24, 2.45) is 0 Å². The number of carbonyl (C=O) groups excluding carboxylic acids is 2. The Hall–Kier alpha value is -2.61. The van der Waals surface area contributed by atoms with E-state index in [1.54, 1.807) is 36.9 Å². The fourth-order valence-corrected chi connectivity index (χ4v) is 2.19. The van der Waals surface area contributed by atoms with Gasteiger partial charge in [-0.3, -0.25) is 9.59 Å². The number of nitrogens with one attached hydrogen (secondary N) is 2. The molecule has 0 aliphatic rings. The fourth-order valence-electron chi connectivity index (χ4n) is 1.63. The summed E-state index contributed by atoms with van der Waals surface area (Å²) in [6.07, 6.45) is 0. The molecule has 0 spiro atoms. The molecule has 2 N–H and O–H groups in total. The summed E-state index contributed by atoms with van der Waals surface area (Å²) in [5.41, 5.74) is 2.48. The maximum Gasteiger partial charge on any atom is 0.258 e. The molecule has 2 rings (SSSR count). The summed E-state index contributed by atoms with van der Waals surface area (Å²) in [7, 11) is 1.57. The summed E-state index contributed by atoms with van der Waals surface area (Å²) in [6, 6.07) is 6.87. The van der Waals surface area contributed by atoms with E-state index in [0.717, 1.165) is 5.69 Å². The summed E-state index contributed by atoms with van der Waals surface area (Å²) < 4.78 is 10.3. The molecule has 1 aromatic carbocycles. The number of thiazole rings is 1. The molecule has 0 aliphatic heterocycles. The van der Waals surface area contributed by atoms with Crippen LogP contribution in [0.4, 0.5) is 0 Å². The Morgan fingerprint density at radius 2 is 1.87 bits per heavy atom. The highest BCUT2D eigenvalue weighted by Gasteiger charge is 2.07. The SMILES string of the molecule is COc1ccc(OCC(=O)NCC(=O)NCc2cscn2)cc1. The molecule has 0 bridgehead atoms. The van der Waals surface area contributed by atoms with Crippen LogP contribution in [0.25, 0.3) is 0 Å². The first-order valence-electron chi connectivity index (χ1n) is 6.84. The normalized spacial score (nSPS) is 9.96. The Morgan fingerprint density at radius 3 is 2.52 bits per heavy atom. The number of rotatable bonds is 8. The minimum absolute atomic E-state index is 0.102. The van der Waals surface area contributed by atoms with E-state index >= 15 is 0 Å². The number of benzene rings is 1. The summed E-state index contributed by atoms with van der Waals surface area (Å²) in [5, 5.41) is 7.00. The zero-order valence-corrected chi connectivity index (χ0v) is 13.4. The third-order valence-corrected chi connectivity index (χ3v) is 3.46. The molecule has 2 aromatic rings. The van der Waals surface area contributed by atoms with Crippen LogP contribution in [0, 0.1) is 0 Å². The number of methoxy groups -OCH3 is 1. The highest BCUT2D eigenvalue weighted by Crippen LogP contribution is 2.16. The number of aromatic nitrogens is 1. The monoisotopic (exact) mass is 335 g/mol. The van der Waals surface area contributed by atoms with E-state index in [1.165, 1.54) is 11.3 Å². The van der Waals surface area contributed by atoms with Crippen LogP contribution in [0.2, 0.25) is 0 Å². The van der Waals surface area contributed by atoms with Crippen LogP contribution >= 0.6 is 11.3 Å². The van der Waals surface area contributed by atoms with Gasteiger partial charge < -0.3 is 20.1 Å². The molecule has 23 heavy (non-hydrogen) atoms. The van der Waals surface area contributed by atoms with Gasteiger partial charge in [0.25, 0.3) is 5.91 Å². The Balaban J connectivity index is 1.63. The van der Waals surface area contributed by atoms with Gasteiger partial charge in [0.1, 0.15) is 11.5 Å². The van der Waals surface area contributed by atoms with Crippen LogP contribution in [0.15, 0.2) is 35.2 Å². The number of carbonyl (C=O) groups is 2. The number of hydrogen-bond donors (Lipinski definition) is 2. The maximum atomic E-state index is 11.6. The lowest BCUT2D eigenvalue weighted by Crippen LogP contribution is -2.38. The van der Waals surface area contributed by atoms with Crippen molar-refractivity contribution in [2.45, 2.75) is 6.54 Å². The highest BCUT2D eigenvalue weighted by molar-refractivity contribution is 7.07. The van der Waals surface area contributed by atoms with Gasteiger partial charge in [-0.25, -0.2) is 4.98 Å². The Kier molecular flexibility index (Phi) is 6.37. The van der Waals surface area contributed by atoms with Crippen LogP contribution in [0.5, 0.6) is 11.5 Å². The first kappa shape index (κ1) is 16.8. The van der Waals surface area contributed by atoms with E-state index in [0.29, 0.717) is 18.0 Å². The minimum Gasteiger partial charge on any atom is -0.497 e. The molecule has 0 saturated heterocycles. The van der Waals surface area contributed by atoms with Gasteiger partial charge in [0.05, 0.1) is 31.4 Å². The molecule has 1 aromatic heterocycles. The average Bonchev–Trinajstić information content (AvgIpc) is 3.10.